The molecule has 0 aliphatic carbocycles. The van der Waals surface area contributed by atoms with Crippen LogP contribution in [0.3, 0.4) is 0 Å². The van der Waals surface area contributed by atoms with E-state index in [0.717, 1.165) is 22.5 Å². The molecule has 0 fully saturated rings. The predicted octanol–water partition coefficient (Wildman–Crippen LogP) is 2.70. The molecule has 0 unspecified atom stereocenters. The molecule has 0 spiro atoms. The van der Waals surface area contributed by atoms with Crippen LogP contribution in [0.25, 0.3) is 16.7 Å². The summed E-state index contributed by atoms with van der Waals surface area (Å²) in [6.45, 7) is 0. The fourth-order valence-electron chi connectivity index (χ4n) is 2.46. The quantitative estimate of drug-likeness (QED) is 0.798. The van der Waals surface area contributed by atoms with Gasteiger partial charge in [0.1, 0.15) is 5.82 Å². The number of carbonyl (C=O) groups is 1. The second-order valence-corrected chi connectivity index (χ2v) is 4.86. The highest BCUT2D eigenvalue weighted by Crippen LogP contribution is 2.22. The van der Waals surface area contributed by atoms with E-state index in [-0.39, 0.29) is 5.91 Å². The normalized spacial score (nSPS) is 10.7. The minimum atomic E-state index is 0.0293. The smallest absolute Gasteiger partial charge is 0.220 e. The summed E-state index contributed by atoms with van der Waals surface area (Å²) in [6.07, 6.45) is 1.05. The lowest BCUT2D eigenvalue weighted by atomic mass is 10.2. The highest BCUT2D eigenvalue weighted by Gasteiger charge is 2.12. The first-order valence-corrected chi connectivity index (χ1v) is 7.02. The molecule has 0 radical (unpaired) electrons. The van der Waals surface area contributed by atoms with Gasteiger partial charge in [-0.1, -0.05) is 30.3 Å². The third-order valence-corrected chi connectivity index (χ3v) is 3.50. The van der Waals surface area contributed by atoms with Gasteiger partial charge in [0.15, 0.2) is 0 Å². The number of benzene rings is 2. The number of nitrogens with one attached hydrogen (secondary N) is 1. The van der Waals surface area contributed by atoms with Crippen LogP contribution in [-0.2, 0) is 11.2 Å². The molecule has 0 bridgehead atoms. The lowest BCUT2D eigenvalue weighted by molar-refractivity contribution is -0.120. The van der Waals surface area contributed by atoms with Gasteiger partial charge in [-0.05, 0) is 24.3 Å². The summed E-state index contributed by atoms with van der Waals surface area (Å²) in [5, 5.41) is 2.65. The Kier molecular flexibility index (Phi) is 3.69. The number of hydrogen-bond acceptors (Lipinski definition) is 2. The topological polar surface area (TPSA) is 46.9 Å². The van der Waals surface area contributed by atoms with E-state index in [4.69, 9.17) is 0 Å². The van der Waals surface area contributed by atoms with E-state index in [1.165, 1.54) is 0 Å². The van der Waals surface area contributed by atoms with E-state index in [9.17, 15) is 4.79 Å². The van der Waals surface area contributed by atoms with Crippen LogP contribution in [0.4, 0.5) is 0 Å². The molecule has 1 N–H and O–H groups in total. The van der Waals surface area contributed by atoms with Crippen molar-refractivity contribution >= 4 is 16.9 Å². The standard InChI is InChI=1S/C17H17N3O/c1-18-17(21)12-11-16-19-14-9-5-6-10-15(14)20(16)13-7-3-2-4-8-13/h2-10H,11-12H2,1H3,(H,18,21). The van der Waals surface area contributed by atoms with Crippen LogP contribution in [0, 0.1) is 0 Å². The van der Waals surface area contributed by atoms with E-state index in [2.05, 4.69) is 33.1 Å². The van der Waals surface area contributed by atoms with Crippen LogP contribution in [0.1, 0.15) is 12.2 Å². The van der Waals surface area contributed by atoms with Crippen LogP contribution >= 0.6 is 0 Å². The number of amides is 1. The molecule has 2 aromatic carbocycles. The Bertz CT molecular complexity index is 762. The third-order valence-electron chi connectivity index (χ3n) is 3.50. The van der Waals surface area contributed by atoms with Gasteiger partial charge in [-0.2, -0.15) is 0 Å². The molecule has 0 aliphatic heterocycles. The zero-order valence-corrected chi connectivity index (χ0v) is 11.9. The van der Waals surface area contributed by atoms with Gasteiger partial charge < -0.3 is 5.32 Å². The molecule has 0 aliphatic rings. The maximum Gasteiger partial charge on any atom is 0.220 e. The second-order valence-electron chi connectivity index (χ2n) is 4.86. The third kappa shape index (κ3) is 2.65. The number of hydrogen-bond donors (Lipinski definition) is 1. The minimum absolute atomic E-state index is 0.0293. The van der Waals surface area contributed by atoms with Crippen LogP contribution in [0.5, 0.6) is 0 Å². The fourth-order valence-corrected chi connectivity index (χ4v) is 2.46. The lowest BCUT2D eigenvalue weighted by Crippen LogP contribution is -2.18. The van der Waals surface area contributed by atoms with Gasteiger partial charge in [0.25, 0.3) is 0 Å². The average Bonchev–Trinajstić information content (AvgIpc) is 2.91. The van der Waals surface area contributed by atoms with Crippen molar-refractivity contribution in [1.29, 1.82) is 0 Å². The fraction of sp³-hybridized carbons (Fsp3) is 0.176. The number of rotatable bonds is 4. The highest BCUT2D eigenvalue weighted by atomic mass is 16.1. The Balaban J connectivity index is 2.08. The van der Waals surface area contributed by atoms with E-state index in [0.29, 0.717) is 12.8 Å². The monoisotopic (exact) mass is 279 g/mol. The molecule has 1 aromatic heterocycles. The summed E-state index contributed by atoms with van der Waals surface area (Å²) in [5.74, 6) is 0.938. The van der Waals surface area contributed by atoms with Gasteiger partial charge >= 0.3 is 0 Å². The van der Waals surface area contributed by atoms with Gasteiger partial charge in [0, 0.05) is 25.6 Å². The summed E-state index contributed by atoms with van der Waals surface area (Å²) in [6, 6.07) is 18.1. The lowest BCUT2D eigenvalue weighted by Gasteiger charge is -2.09. The van der Waals surface area contributed by atoms with E-state index < -0.39 is 0 Å². The summed E-state index contributed by atoms with van der Waals surface area (Å²) < 4.78 is 2.12. The summed E-state index contributed by atoms with van der Waals surface area (Å²) >= 11 is 0. The van der Waals surface area contributed by atoms with Gasteiger partial charge in [-0.3, -0.25) is 9.36 Å². The van der Waals surface area contributed by atoms with Crippen LogP contribution in [0.2, 0.25) is 0 Å². The first-order valence-electron chi connectivity index (χ1n) is 7.02. The van der Waals surface area contributed by atoms with Gasteiger partial charge in [-0.15, -0.1) is 0 Å². The van der Waals surface area contributed by atoms with Crippen molar-refractivity contribution in [3.05, 3.63) is 60.4 Å². The Labute approximate surface area is 123 Å². The van der Waals surface area contributed by atoms with Gasteiger partial charge in [0.05, 0.1) is 11.0 Å². The summed E-state index contributed by atoms with van der Waals surface area (Å²) in [7, 11) is 1.66. The number of imidazole rings is 1. The number of aromatic nitrogens is 2. The van der Waals surface area contributed by atoms with Crippen LogP contribution < -0.4 is 5.32 Å². The van der Waals surface area contributed by atoms with Crippen molar-refractivity contribution in [3.8, 4) is 5.69 Å². The average molecular weight is 279 g/mol. The second kappa shape index (κ2) is 5.79. The first kappa shape index (κ1) is 13.4. The molecule has 4 nitrogen and oxygen atoms in total. The number of carbonyl (C=O) groups excluding carboxylic acids is 1. The number of para-hydroxylation sites is 3. The SMILES string of the molecule is CNC(=O)CCc1nc2ccccc2n1-c1ccccc1. The van der Waals surface area contributed by atoms with E-state index in [1.807, 2.05) is 36.4 Å². The highest BCUT2D eigenvalue weighted by molar-refractivity contribution is 5.79. The number of aryl methyl sites for hydroxylation is 1. The maximum absolute atomic E-state index is 11.5. The Morgan fingerprint density at radius 2 is 1.81 bits per heavy atom. The molecular formula is C17H17N3O. The van der Waals surface area contributed by atoms with Gasteiger partial charge in [-0.25, -0.2) is 4.98 Å². The molecule has 1 amide bonds. The Morgan fingerprint density at radius 1 is 1.10 bits per heavy atom. The maximum atomic E-state index is 11.5. The molecule has 3 aromatic rings. The molecule has 3 rings (SSSR count). The molecule has 4 heteroatoms. The van der Waals surface area contributed by atoms with Crippen LogP contribution in [0.15, 0.2) is 54.6 Å². The van der Waals surface area contributed by atoms with Crippen molar-refractivity contribution in [2.75, 3.05) is 7.05 Å². The van der Waals surface area contributed by atoms with E-state index >= 15 is 0 Å². The minimum Gasteiger partial charge on any atom is -0.359 e. The molecule has 0 atom stereocenters. The van der Waals surface area contributed by atoms with Crippen LogP contribution in [-0.4, -0.2) is 22.5 Å². The van der Waals surface area contributed by atoms with Crippen molar-refractivity contribution in [2.24, 2.45) is 0 Å². The molecule has 21 heavy (non-hydrogen) atoms. The van der Waals surface area contributed by atoms with Crippen molar-refractivity contribution in [2.45, 2.75) is 12.8 Å². The Hall–Kier alpha value is -2.62. The zero-order chi connectivity index (χ0) is 14.7. The van der Waals surface area contributed by atoms with Crippen molar-refractivity contribution in [3.63, 3.8) is 0 Å². The summed E-state index contributed by atoms with van der Waals surface area (Å²) in [4.78, 5) is 16.2. The first-order chi connectivity index (χ1) is 10.3. The molecule has 106 valence electrons. The summed E-state index contributed by atoms with van der Waals surface area (Å²) in [5.41, 5.74) is 3.09. The van der Waals surface area contributed by atoms with Crippen molar-refractivity contribution < 1.29 is 4.79 Å². The largest absolute Gasteiger partial charge is 0.359 e. The van der Waals surface area contributed by atoms with Crippen molar-refractivity contribution in [1.82, 2.24) is 14.9 Å². The Morgan fingerprint density at radius 3 is 2.57 bits per heavy atom. The molecule has 1 heterocycles. The molecule has 0 saturated heterocycles. The molecular weight excluding hydrogens is 262 g/mol. The molecule has 0 saturated carbocycles. The number of fused-ring (bicyclic) bond motifs is 1. The zero-order valence-electron chi connectivity index (χ0n) is 11.9. The van der Waals surface area contributed by atoms with Gasteiger partial charge in [0.2, 0.25) is 5.91 Å². The van der Waals surface area contributed by atoms with E-state index in [1.54, 1.807) is 7.05 Å². The number of nitrogens with zero attached hydrogens (tertiary/aromatic N) is 2. The predicted molar refractivity (Wildman–Crippen MR) is 83.5 cm³/mol.